The van der Waals surface area contributed by atoms with Crippen molar-refractivity contribution in [1.29, 1.82) is 0 Å². The van der Waals surface area contributed by atoms with Crippen LogP contribution in [0.1, 0.15) is 81.0 Å². The number of ketones is 1. The molecular weight excluding hydrogens is 479 g/mol. The fourth-order valence-corrected chi connectivity index (χ4v) is 4.41. The van der Waals surface area contributed by atoms with Crippen molar-refractivity contribution in [3.05, 3.63) is 81.9 Å². The van der Waals surface area contributed by atoms with E-state index < -0.39 is 0 Å². The Kier molecular flexibility index (Phi) is 11.1. The van der Waals surface area contributed by atoms with Gasteiger partial charge in [-0.05, 0) is 93.0 Å². The summed E-state index contributed by atoms with van der Waals surface area (Å²) in [6, 6.07) is 11.3. The minimum atomic E-state index is -0.330. The molecule has 0 amide bonds. The number of carbonyl (C=O) groups is 2. The van der Waals surface area contributed by atoms with Crippen LogP contribution in [0, 0.1) is 19.7 Å². The number of fused-ring (bicyclic) bond motifs is 1. The smallest absolute Gasteiger partial charge is 0.306 e. The summed E-state index contributed by atoms with van der Waals surface area (Å²) in [5.41, 5.74) is 6.14. The number of ether oxygens (including phenoxy) is 1. The number of esters is 1. The molecule has 2 aromatic rings. The lowest BCUT2D eigenvalue weighted by molar-refractivity contribution is -0.149. The van der Waals surface area contributed by atoms with E-state index in [9.17, 15) is 14.0 Å². The van der Waals surface area contributed by atoms with Gasteiger partial charge in [-0.25, -0.2) is 4.39 Å². The van der Waals surface area contributed by atoms with Crippen LogP contribution in [-0.4, -0.2) is 24.4 Å². The molecule has 1 unspecified atom stereocenters. The molecule has 0 heterocycles. The zero-order chi connectivity index (χ0) is 27.5. The molecule has 1 atom stereocenters. The molecule has 5 nitrogen and oxygen atoms in total. The second kappa shape index (κ2) is 14.5. The molecule has 0 spiro atoms. The van der Waals surface area contributed by atoms with Crippen LogP contribution in [0.4, 0.5) is 10.1 Å². The summed E-state index contributed by atoms with van der Waals surface area (Å²) in [7, 11) is 0. The van der Waals surface area contributed by atoms with E-state index in [1.807, 2.05) is 64.1 Å². The van der Waals surface area contributed by atoms with Gasteiger partial charge in [-0.2, -0.15) is 0 Å². The molecule has 1 saturated carbocycles. The molecular formula is C32H41FN2O3. The Bertz CT molecular complexity index is 1160. The van der Waals surface area contributed by atoms with E-state index in [2.05, 4.69) is 16.8 Å². The average Bonchev–Trinajstić information content (AvgIpc) is 3.01. The first kappa shape index (κ1) is 29.2. The van der Waals surface area contributed by atoms with E-state index >= 15 is 0 Å². The van der Waals surface area contributed by atoms with Gasteiger partial charge in [-0.15, -0.1) is 0 Å². The van der Waals surface area contributed by atoms with Crippen LogP contribution in [0.5, 0.6) is 0 Å². The van der Waals surface area contributed by atoms with Crippen LogP contribution in [0.25, 0.3) is 6.08 Å². The average molecular weight is 521 g/mol. The molecule has 0 aromatic heterocycles. The van der Waals surface area contributed by atoms with Crippen molar-refractivity contribution in [2.75, 3.05) is 11.9 Å². The Morgan fingerprint density at radius 1 is 1.11 bits per heavy atom. The number of nitrogens with one attached hydrogen (secondary N) is 2. The molecule has 6 heteroatoms. The molecule has 0 saturated heterocycles. The number of hydrogen-bond donors (Lipinski definition) is 2. The van der Waals surface area contributed by atoms with E-state index in [-0.39, 0.29) is 23.7 Å². The number of rotatable bonds is 9. The molecule has 2 aromatic carbocycles. The van der Waals surface area contributed by atoms with Crippen LogP contribution >= 0.6 is 0 Å². The van der Waals surface area contributed by atoms with Gasteiger partial charge in [0.2, 0.25) is 0 Å². The lowest BCUT2D eigenvalue weighted by Gasteiger charge is -2.19. The zero-order valence-electron chi connectivity index (χ0n) is 23.2. The third-order valence-corrected chi connectivity index (χ3v) is 6.82. The predicted octanol–water partition coefficient (Wildman–Crippen LogP) is 7.18. The molecule has 0 aliphatic heterocycles. The van der Waals surface area contributed by atoms with Gasteiger partial charge in [-0.1, -0.05) is 49.8 Å². The maximum atomic E-state index is 14.2. The molecule has 1 fully saturated rings. The van der Waals surface area contributed by atoms with Gasteiger partial charge in [0.1, 0.15) is 11.9 Å². The zero-order valence-corrected chi connectivity index (χ0v) is 23.2. The van der Waals surface area contributed by atoms with Crippen molar-refractivity contribution in [1.82, 2.24) is 5.32 Å². The highest BCUT2D eigenvalue weighted by atomic mass is 19.1. The first-order chi connectivity index (χ1) is 18.3. The third-order valence-electron chi connectivity index (χ3n) is 6.82. The third kappa shape index (κ3) is 8.57. The van der Waals surface area contributed by atoms with E-state index in [0.29, 0.717) is 30.6 Å². The molecule has 2 aliphatic carbocycles. The van der Waals surface area contributed by atoms with Crippen LogP contribution in [0.2, 0.25) is 0 Å². The van der Waals surface area contributed by atoms with Gasteiger partial charge in [0.25, 0.3) is 0 Å². The summed E-state index contributed by atoms with van der Waals surface area (Å²) >= 11 is 0. The van der Waals surface area contributed by atoms with E-state index in [4.69, 9.17) is 4.74 Å². The Hall–Kier alpha value is -3.41. The number of benzene rings is 2. The number of anilines is 1. The van der Waals surface area contributed by atoms with Crippen molar-refractivity contribution in [3.63, 3.8) is 0 Å². The summed E-state index contributed by atoms with van der Waals surface area (Å²) in [6.07, 6.45) is 11.1. The van der Waals surface area contributed by atoms with Crippen LogP contribution < -0.4 is 10.6 Å². The summed E-state index contributed by atoms with van der Waals surface area (Å²) < 4.78 is 19.5. The van der Waals surface area contributed by atoms with Gasteiger partial charge in [-0.3, -0.25) is 9.59 Å². The lowest BCUT2D eigenvalue weighted by atomic mass is 9.94. The molecule has 0 bridgehead atoms. The van der Waals surface area contributed by atoms with E-state index in [1.165, 1.54) is 30.9 Å². The second-order valence-electron chi connectivity index (χ2n) is 10.1. The van der Waals surface area contributed by atoms with Gasteiger partial charge in [0.05, 0.1) is 17.9 Å². The summed E-state index contributed by atoms with van der Waals surface area (Å²) in [5.74, 6) is -0.397. The second-order valence-corrected chi connectivity index (χ2v) is 10.1. The highest BCUT2D eigenvalue weighted by Gasteiger charge is 2.18. The van der Waals surface area contributed by atoms with Gasteiger partial charge >= 0.3 is 5.97 Å². The maximum absolute atomic E-state index is 14.2. The number of aryl methyl sites for hydroxylation is 3. The molecule has 204 valence electrons. The highest BCUT2D eigenvalue weighted by Crippen LogP contribution is 2.27. The van der Waals surface area contributed by atoms with Gasteiger partial charge in [0, 0.05) is 12.8 Å². The quantitative estimate of drug-likeness (QED) is 0.343. The van der Waals surface area contributed by atoms with Crippen molar-refractivity contribution in [2.24, 2.45) is 0 Å². The summed E-state index contributed by atoms with van der Waals surface area (Å²) in [4.78, 5) is 23.6. The van der Waals surface area contributed by atoms with Crippen molar-refractivity contribution in [3.8, 4) is 0 Å². The van der Waals surface area contributed by atoms with Crippen LogP contribution in [-0.2, 0) is 20.7 Å². The van der Waals surface area contributed by atoms with Gasteiger partial charge < -0.3 is 15.4 Å². The summed E-state index contributed by atoms with van der Waals surface area (Å²) in [6.45, 7) is 8.46. The summed E-state index contributed by atoms with van der Waals surface area (Å²) in [5, 5.41) is 6.26. The Morgan fingerprint density at radius 2 is 1.87 bits per heavy atom. The highest BCUT2D eigenvalue weighted by molar-refractivity contribution is 6.03. The fourth-order valence-electron chi connectivity index (χ4n) is 4.41. The number of allylic oxidation sites excluding steroid dienone is 2. The maximum Gasteiger partial charge on any atom is 0.306 e. The molecule has 2 N–H and O–H groups in total. The Balaban J connectivity index is 0.000000223. The monoisotopic (exact) mass is 520 g/mol. The number of halogens is 1. The topological polar surface area (TPSA) is 67.4 Å². The fraction of sp³-hybridized carbons (Fsp3) is 0.438. The first-order valence-electron chi connectivity index (χ1n) is 13.8. The van der Waals surface area contributed by atoms with E-state index in [0.717, 1.165) is 41.6 Å². The first-order valence-corrected chi connectivity index (χ1v) is 13.8. The normalized spacial score (nSPS) is 15.0. The molecule has 2 aliphatic rings. The van der Waals surface area contributed by atoms with Crippen molar-refractivity contribution < 1.29 is 18.7 Å². The van der Waals surface area contributed by atoms with Crippen molar-refractivity contribution >= 4 is 23.5 Å². The number of carbonyl (C=O) groups excluding carboxylic acids is 2. The predicted molar refractivity (Wildman–Crippen MR) is 152 cm³/mol. The molecule has 0 radical (unpaired) electrons. The molecule has 38 heavy (non-hydrogen) atoms. The standard InChI is InChI=1S/C19H18FNO.C13H23NO2/c1-12-9-13(2)19(16(20)10-12)21-17-11-15-6-4-3-5-14(15)7-8-18(17)22;1-3-6-13(15)16-12(4-2)10-14-9-11-7-5-8-11/h3-6,9-11,21H,7-8H2,1-2H3;9,12,14H,3-8,10H2,1-2H3. The van der Waals surface area contributed by atoms with Gasteiger partial charge in [0.15, 0.2) is 5.78 Å². The minimum Gasteiger partial charge on any atom is -0.460 e. The Morgan fingerprint density at radius 3 is 2.53 bits per heavy atom. The molecule has 4 rings (SSSR count). The number of hydrogen-bond acceptors (Lipinski definition) is 5. The van der Waals surface area contributed by atoms with Crippen molar-refractivity contribution in [2.45, 2.75) is 85.2 Å². The Labute approximate surface area is 226 Å². The van der Waals surface area contributed by atoms with Crippen LogP contribution in [0.3, 0.4) is 0 Å². The lowest BCUT2D eigenvalue weighted by Crippen LogP contribution is -2.28. The SMILES string of the molecule is CCCC(=O)OC(CC)CNC=C1CCC1.Cc1cc(C)c(NC2=Cc3ccccc3CCC2=O)c(F)c1. The van der Waals surface area contributed by atoms with E-state index in [1.54, 1.807) is 0 Å². The number of Topliss-reactive ketones (excluding diaryl/α,β-unsaturated/α-hetero) is 1. The minimum absolute atomic E-state index is 0.00979. The van der Waals surface area contributed by atoms with Crippen LogP contribution in [0.15, 0.2) is 53.9 Å². The largest absolute Gasteiger partial charge is 0.460 e.